The maximum absolute atomic E-state index is 5.95. The molecular formula is C16H17Cl2NO. The fourth-order valence-electron chi connectivity index (χ4n) is 1.85. The number of ether oxygens (including phenoxy) is 1. The standard InChI is InChI=1S/C16H17Cl2NO/c1-10(2)14-7-12(9-17)8-16(19-14)20-15-5-4-13(18)6-11(15)3/h4-8,10H,9H2,1-3H3. The molecule has 20 heavy (non-hydrogen) atoms. The molecule has 0 aliphatic carbocycles. The molecule has 0 unspecified atom stereocenters. The lowest BCUT2D eigenvalue weighted by atomic mass is 10.1. The van der Waals surface area contributed by atoms with Crippen LogP contribution < -0.4 is 4.74 Å². The van der Waals surface area contributed by atoms with Crippen LogP contribution in [0.1, 0.15) is 36.6 Å². The van der Waals surface area contributed by atoms with Gasteiger partial charge in [0.2, 0.25) is 5.88 Å². The van der Waals surface area contributed by atoms with E-state index in [-0.39, 0.29) is 0 Å². The number of halogens is 2. The molecule has 0 saturated carbocycles. The van der Waals surface area contributed by atoms with Crippen LogP contribution in [-0.2, 0) is 5.88 Å². The summed E-state index contributed by atoms with van der Waals surface area (Å²) in [7, 11) is 0. The van der Waals surface area contributed by atoms with Gasteiger partial charge in [0, 0.05) is 22.7 Å². The van der Waals surface area contributed by atoms with Crippen molar-refractivity contribution in [3.8, 4) is 11.6 Å². The zero-order valence-electron chi connectivity index (χ0n) is 11.8. The van der Waals surface area contributed by atoms with Gasteiger partial charge in [0.15, 0.2) is 0 Å². The Labute approximate surface area is 129 Å². The van der Waals surface area contributed by atoms with E-state index in [2.05, 4.69) is 18.8 Å². The van der Waals surface area contributed by atoms with Crippen LogP contribution >= 0.6 is 23.2 Å². The number of aryl methyl sites for hydroxylation is 1. The van der Waals surface area contributed by atoms with Gasteiger partial charge in [-0.15, -0.1) is 11.6 Å². The van der Waals surface area contributed by atoms with Crippen molar-refractivity contribution in [2.75, 3.05) is 0 Å². The Morgan fingerprint density at radius 3 is 2.55 bits per heavy atom. The molecule has 106 valence electrons. The van der Waals surface area contributed by atoms with Gasteiger partial charge >= 0.3 is 0 Å². The Hall–Kier alpha value is -1.25. The third kappa shape index (κ3) is 3.65. The number of rotatable bonds is 4. The second-order valence-corrected chi connectivity index (χ2v) is 5.74. The second-order valence-electron chi connectivity index (χ2n) is 5.04. The Morgan fingerprint density at radius 2 is 1.95 bits per heavy atom. The Bertz CT molecular complexity index is 611. The quantitative estimate of drug-likeness (QED) is 0.676. The second kappa shape index (κ2) is 6.47. The molecule has 2 nitrogen and oxygen atoms in total. The molecule has 0 fully saturated rings. The summed E-state index contributed by atoms with van der Waals surface area (Å²) < 4.78 is 5.87. The van der Waals surface area contributed by atoms with Crippen LogP contribution in [0.15, 0.2) is 30.3 Å². The van der Waals surface area contributed by atoms with Crippen LogP contribution in [0.25, 0.3) is 0 Å². The minimum absolute atomic E-state index is 0.326. The molecular weight excluding hydrogens is 293 g/mol. The van der Waals surface area contributed by atoms with Gasteiger partial charge in [0.25, 0.3) is 0 Å². The molecule has 0 amide bonds. The molecule has 1 aromatic heterocycles. The van der Waals surface area contributed by atoms with Crippen molar-refractivity contribution in [1.82, 2.24) is 4.98 Å². The van der Waals surface area contributed by atoms with Gasteiger partial charge in [-0.2, -0.15) is 0 Å². The Balaban J connectivity index is 2.34. The highest BCUT2D eigenvalue weighted by atomic mass is 35.5. The average molecular weight is 310 g/mol. The van der Waals surface area contributed by atoms with E-state index >= 15 is 0 Å². The predicted octanol–water partition coefficient (Wildman–Crippen LogP) is 5.70. The maximum Gasteiger partial charge on any atom is 0.219 e. The van der Waals surface area contributed by atoms with E-state index in [9.17, 15) is 0 Å². The number of hydrogen-bond acceptors (Lipinski definition) is 2. The summed E-state index contributed by atoms with van der Waals surface area (Å²) in [5.41, 5.74) is 2.96. The highest BCUT2D eigenvalue weighted by Crippen LogP contribution is 2.28. The lowest BCUT2D eigenvalue weighted by molar-refractivity contribution is 0.455. The van der Waals surface area contributed by atoms with Crippen molar-refractivity contribution in [3.63, 3.8) is 0 Å². The normalized spacial score (nSPS) is 10.9. The smallest absolute Gasteiger partial charge is 0.219 e. The summed E-state index contributed by atoms with van der Waals surface area (Å²) >= 11 is 11.9. The van der Waals surface area contributed by atoms with E-state index < -0.39 is 0 Å². The highest BCUT2D eigenvalue weighted by molar-refractivity contribution is 6.30. The molecule has 0 aliphatic heterocycles. The number of benzene rings is 1. The van der Waals surface area contributed by atoms with Gasteiger partial charge in [0.05, 0.1) is 0 Å². The van der Waals surface area contributed by atoms with Crippen molar-refractivity contribution < 1.29 is 4.74 Å². The largest absolute Gasteiger partial charge is 0.439 e. The van der Waals surface area contributed by atoms with E-state index in [1.165, 1.54) is 0 Å². The number of hydrogen-bond donors (Lipinski definition) is 0. The van der Waals surface area contributed by atoms with Crippen LogP contribution in [0.5, 0.6) is 11.6 Å². The number of nitrogens with zero attached hydrogens (tertiary/aromatic N) is 1. The lowest BCUT2D eigenvalue weighted by Gasteiger charge is -2.12. The van der Waals surface area contributed by atoms with Crippen molar-refractivity contribution >= 4 is 23.2 Å². The molecule has 0 atom stereocenters. The summed E-state index contributed by atoms with van der Waals surface area (Å²) in [5.74, 6) is 2.09. The number of aromatic nitrogens is 1. The molecule has 2 aromatic rings. The molecule has 0 aliphatic rings. The van der Waals surface area contributed by atoms with Crippen LogP contribution in [-0.4, -0.2) is 4.98 Å². The van der Waals surface area contributed by atoms with Crippen LogP contribution in [0.3, 0.4) is 0 Å². The first-order valence-corrected chi connectivity index (χ1v) is 7.41. The summed E-state index contributed by atoms with van der Waals surface area (Å²) in [5, 5.41) is 0.695. The fourth-order valence-corrected chi connectivity index (χ4v) is 2.23. The minimum atomic E-state index is 0.326. The van der Waals surface area contributed by atoms with Crippen LogP contribution in [0.4, 0.5) is 0 Å². The monoisotopic (exact) mass is 309 g/mol. The van der Waals surface area contributed by atoms with E-state index in [0.29, 0.717) is 22.7 Å². The third-order valence-corrected chi connectivity index (χ3v) is 3.52. The van der Waals surface area contributed by atoms with Crippen molar-refractivity contribution in [2.45, 2.75) is 32.6 Å². The molecule has 1 heterocycles. The first-order chi connectivity index (χ1) is 9.49. The van der Waals surface area contributed by atoms with E-state index in [1.807, 2.05) is 31.2 Å². The Kier molecular flexibility index (Phi) is 4.90. The molecule has 0 N–H and O–H groups in total. The summed E-state index contributed by atoms with van der Waals surface area (Å²) in [4.78, 5) is 4.53. The van der Waals surface area contributed by atoms with Gasteiger partial charge in [-0.25, -0.2) is 4.98 Å². The SMILES string of the molecule is Cc1cc(Cl)ccc1Oc1cc(CCl)cc(C(C)C)n1. The van der Waals surface area contributed by atoms with Gasteiger partial charge in [-0.3, -0.25) is 0 Å². The molecule has 0 spiro atoms. The summed E-state index contributed by atoms with van der Waals surface area (Å²) in [6.45, 7) is 6.14. The lowest BCUT2D eigenvalue weighted by Crippen LogP contribution is -1.98. The summed E-state index contributed by atoms with van der Waals surface area (Å²) in [6.07, 6.45) is 0. The fraction of sp³-hybridized carbons (Fsp3) is 0.312. The molecule has 2 rings (SSSR count). The Morgan fingerprint density at radius 1 is 1.20 bits per heavy atom. The number of alkyl halides is 1. The molecule has 1 aromatic carbocycles. The van der Waals surface area contributed by atoms with Gasteiger partial charge in [0.1, 0.15) is 5.75 Å². The molecule has 0 bridgehead atoms. The van der Waals surface area contributed by atoms with E-state index in [0.717, 1.165) is 22.6 Å². The van der Waals surface area contributed by atoms with Crippen molar-refractivity contribution in [3.05, 3.63) is 52.2 Å². The predicted molar refractivity (Wildman–Crippen MR) is 84.1 cm³/mol. The first-order valence-electron chi connectivity index (χ1n) is 6.50. The van der Waals surface area contributed by atoms with Crippen molar-refractivity contribution in [1.29, 1.82) is 0 Å². The molecule has 0 saturated heterocycles. The zero-order chi connectivity index (χ0) is 14.7. The molecule has 0 radical (unpaired) electrons. The highest BCUT2D eigenvalue weighted by Gasteiger charge is 2.09. The van der Waals surface area contributed by atoms with Crippen LogP contribution in [0, 0.1) is 6.92 Å². The van der Waals surface area contributed by atoms with Gasteiger partial charge < -0.3 is 4.74 Å². The summed E-state index contributed by atoms with van der Waals surface area (Å²) in [6, 6.07) is 9.40. The third-order valence-electron chi connectivity index (χ3n) is 2.98. The van der Waals surface area contributed by atoms with E-state index in [4.69, 9.17) is 27.9 Å². The maximum atomic E-state index is 5.95. The average Bonchev–Trinajstić information content (AvgIpc) is 2.41. The molecule has 4 heteroatoms. The van der Waals surface area contributed by atoms with Gasteiger partial charge in [-0.1, -0.05) is 25.4 Å². The van der Waals surface area contributed by atoms with E-state index in [1.54, 1.807) is 6.07 Å². The number of pyridine rings is 1. The topological polar surface area (TPSA) is 22.1 Å². The van der Waals surface area contributed by atoms with Crippen LogP contribution in [0.2, 0.25) is 5.02 Å². The van der Waals surface area contributed by atoms with Gasteiger partial charge in [-0.05, 0) is 48.2 Å². The first kappa shape index (κ1) is 15.1. The van der Waals surface area contributed by atoms with Crippen molar-refractivity contribution in [2.24, 2.45) is 0 Å². The zero-order valence-corrected chi connectivity index (χ0v) is 13.3. The minimum Gasteiger partial charge on any atom is -0.439 e.